The van der Waals surface area contributed by atoms with E-state index in [0.717, 1.165) is 12.3 Å². The van der Waals surface area contributed by atoms with Gasteiger partial charge in [0, 0.05) is 16.8 Å². The molecule has 0 heterocycles. The molecule has 0 atom stereocenters. The molecule has 0 spiro atoms. The number of hydrogen-bond acceptors (Lipinski definition) is 3. The standard InChI is InChI=1S/C15H11ClF3NO2/c1-22-13-4-2-3-9(14(13)21)8-20-12-6-5-10(16)7-11(12)15(17,18)19/h2-8,21H,1H3. The highest BCUT2D eigenvalue weighted by Crippen LogP contribution is 2.38. The van der Waals surface area contributed by atoms with E-state index in [4.69, 9.17) is 16.3 Å². The molecule has 0 aliphatic carbocycles. The second-order valence-electron chi connectivity index (χ2n) is 4.32. The fourth-order valence-electron chi connectivity index (χ4n) is 1.80. The maximum atomic E-state index is 13.0. The van der Waals surface area contributed by atoms with Gasteiger partial charge >= 0.3 is 6.18 Å². The second kappa shape index (κ2) is 6.27. The number of nitrogens with zero attached hydrogens (tertiary/aromatic N) is 1. The average molecular weight is 330 g/mol. The van der Waals surface area contributed by atoms with Crippen molar-refractivity contribution in [2.75, 3.05) is 7.11 Å². The van der Waals surface area contributed by atoms with Crippen LogP contribution in [-0.2, 0) is 6.18 Å². The Morgan fingerprint density at radius 1 is 1.23 bits per heavy atom. The summed E-state index contributed by atoms with van der Waals surface area (Å²) in [4.78, 5) is 3.80. The van der Waals surface area contributed by atoms with Crippen molar-refractivity contribution in [3.63, 3.8) is 0 Å². The lowest BCUT2D eigenvalue weighted by Crippen LogP contribution is -2.05. The summed E-state index contributed by atoms with van der Waals surface area (Å²) in [6.07, 6.45) is -3.44. The Labute approximate surface area is 129 Å². The molecular formula is C15H11ClF3NO2. The fourth-order valence-corrected chi connectivity index (χ4v) is 1.97. The normalized spacial score (nSPS) is 11.9. The molecule has 0 unspecified atom stereocenters. The predicted octanol–water partition coefficient (Wildman–Crippen LogP) is 4.82. The molecule has 2 aromatic rings. The Morgan fingerprint density at radius 3 is 2.59 bits per heavy atom. The number of para-hydroxylation sites is 1. The number of halogens is 4. The summed E-state index contributed by atoms with van der Waals surface area (Å²) in [7, 11) is 1.37. The first kappa shape index (κ1) is 16.2. The molecule has 0 saturated heterocycles. The average Bonchev–Trinajstić information content (AvgIpc) is 2.46. The maximum Gasteiger partial charge on any atom is 0.418 e. The zero-order chi connectivity index (χ0) is 16.3. The molecule has 22 heavy (non-hydrogen) atoms. The number of ether oxygens (including phenoxy) is 1. The highest BCUT2D eigenvalue weighted by Gasteiger charge is 2.33. The van der Waals surface area contributed by atoms with Crippen molar-refractivity contribution < 1.29 is 23.0 Å². The zero-order valence-corrected chi connectivity index (χ0v) is 12.1. The largest absolute Gasteiger partial charge is 0.504 e. The first-order valence-electron chi connectivity index (χ1n) is 6.09. The van der Waals surface area contributed by atoms with Crippen LogP contribution >= 0.6 is 11.6 Å². The maximum absolute atomic E-state index is 13.0. The van der Waals surface area contributed by atoms with E-state index in [9.17, 15) is 18.3 Å². The predicted molar refractivity (Wildman–Crippen MR) is 78.4 cm³/mol. The highest BCUT2D eigenvalue weighted by atomic mass is 35.5. The van der Waals surface area contributed by atoms with Gasteiger partial charge in [0.1, 0.15) is 0 Å². The number of phenols is 1. The van der Waals surface area contributed by atoms with Crippen LogP contribution in [0.4, 0.5) is 18.9 Å². The number of phenolic OH excluding ortho intramolecular Hbond substituents is 1. The molecule has 0 fully saturated rings. The quantitative estimate of drug-likeness (QED) is 0.820. The SMILES string of the molecule is COc1cccc(C=Nc2ccc(Cl)cc2C(F)(F)F)c1O. The molecule has 3 nitrogen and oxygen atoms in total. The summed E-state index contributed by atoms with van der Waals surface area (Å²) in [5, 5.41) is 9.85. The smallest absolute Gasteiger partial charge is 0.418 e. The van der Waals surface area contributed by atoms with E-state index in [2.05, 4.69) is 4.99 Å². The van der Waals surface area contributed by atoms with Crippen molar-refractivity contribution in [1.29, 1.82) is 0 Å². The van der Waals surface area contributed by atoms with Gasteiger partial charge in [-0.25, -0.2) is 0 Å². The second-order valence-corrected chi connectivity index (χ2v) is 4.75. The molecule has 2 rings (SSSR count). The van der Waals surface area contributed by atoms with Crippen molar-refractivity contribution in [1.82, 2.24) is 0 Å². The van der Waals surface area contributed by atoms with Gasteiger partial charge in [0.15, 0.2) is 11.5 Å². The molecule has 0 amide bonds. The Balaban J connectivity index is 2.43. The zero-order valence-electron chi connectivity index (χ0n) is 11.4. The minimum atomic E-state index is -4.58. The van der Waals surface area contributed by atoms with E-state index in [1.54, 1.807) is 6.07 Å². The number of aromatic hydroxyl groups is 1. The third kappa shape index (κ3) is 3.51. The minimum absolute atomic E-state index is 0.0319. The number of benzene rings is 2. The van der Waals surface area contributed by atoms with Crippen molar-refractivity contribution in [3.8, 4) is 11.5 Å². The van der Waals surface area contributed by atoms with Gasteiger partial charge in [0.25, 0.3) is 0 Å². The fraction of sp³-hybridized carbons (Fsp3) is 0.133. The molecule has 0 aliphatic rings. The van der Waals surface area contributed by atoms with Gasteiger partial charge in [-0.05, 0) is 30.3 Å². The lowest BCUT2D eigenvalue weighted by atomic mass is 10.1. The van der Waals surface area contributed by atoms with Crippen LogP contribution < -0.4 is 4.74 Å². The summed E-state index contributed by atoms with van der Waals surface area (Å²) in [5.41, 5.74) is -1.000. The van der Waals surface area contributed by atoms with Crippen LogP contribution in [0.1, 0.15) is 11.1 Å². The van der Waals surface area contributed by atoms with Crippen molar-refractivity contribution >= 4 is 23.5 Å². The molecule has 0 radical (unpaired) electrons. The molecule has 0 aromatic heterocycles. The van der Waals surface area contributed by atoms with Gasteiger partial charge in [-0.1, -0.05) is 17.7 Å². The van der Waals surface area contributed by atoms with Gasteiger partial charge in [-0.15, -0.1) is 0 Å². The highest BCUT2D eigenvalue weighted by molar-refractivity contribution is 6.30. The molecule has 2 aromatic carbocycles. The summed E-state index contributed by atoms with van der Waals surface area (Å²) in [5.74, 6) is 0.00683. The van der Waals surface area contributed by atoms with E-state index >= 15 is 0 Å². The molecule has 116 valence electrons. The third-order valence-electron chi connectivity index (χ3n) is 2.86. The number of hydrogen-bond donors (Lipinski definition) is 1. The van der Waals surface area contributed by atoms with Crippen LogP contribution in [0.3, 0.4) is 0 Å². The van der Waals surface area contributed by atoms with Crippen molar-refractivity contribution in [2.24, 2.45) is 4.99 Å². The Hall–Kier alpha value is -2.21. The Kier molecular flexibility index (Phi) is 4.61. The van der Waals surface area contributed by atoms with Gasteiger partial charge < -0.3 is 9.84 Å². The van der Waals surface area contributed by atoms with E-state index in [0.29, 0.717) is 0 Å². The van der Waals surface area contributed by atoms with E-state index in [1.165, 1.54) is 31.4 Å². The molecular weight excluding hydrogens is 319 g/mol. The van der Waals surface area contributed by atoms with E-state index in [-0.39, 0.29) is 27.8 Å². The molecule has 1 N–H and O–H groups in total. The van der Waals surface area contributed by atoms with Gasteiger partial charge in [0.2, 0.25) is 0 Å². The van der Waals surface area contributed by atoms with Crippen LogP contribution in [-0.4, -0.2) is 18.4 Å². The van der Waals surface area contributed by atoms with Gasteiger partial charge in [0.05, 0.1) is 18.4 Å². The summed E-state index contributed by atoms with van der Waals surface area (Å²) < 4.78 is 43.8. The third-order valence-corrected chi connectivity index (χ3v) is 3.09. The van der Waals surface area contributed by atoms with E-state index in [1.807, 2.05) is 0 Å². The molecule has 0 aliphatic heterocycles. The number of rotatable bonds is 3. The van der Waals surface area contributed by atoms with Crippen LogP contribution in [0, 0.1) is 0 Å². The van der Waals surface area contributed by atoms with Crippen LogP contribution in [0.2, 0.25) is 5.02 Å². The summed E-state index contributed by atoms with van der Waals surface area (Å²) >= 11 is 5.60. The molecule has 7 heteroatoms. The topological polar surface area (TPSA) is 41.8 Å². The van der Waals surface area contributed by atoms with E-state index < -0.39 is 11.7 Å². The lowest BCUT2D eigenvalue weighted by molar-refractivity contribution is -0.137. The van der Waals surface area contributed by atoms with Crippen LogP contribution in [0.25, 0.3) is 0 Å². The van der Waals surface area contributed by atoms with Crippen molar-refractivity contribution in [3.05, 3.63) is 52.5 Å². The first-order chi connectivity index (χ1) is 10.3. The summed E-state index contributed by atoms with van der Waals surface area (Å²) in [6.45, 7) is 0. The van der Waals surface area contributed by atoms with Gasteiger partial charge in [-0.2, -0.15) is 13.2 Å². The number of methoxy groups -OCH3 is 1. The minimum Gasteiger partial charge on any atom is -0.504 e. The molecule has 0 saturated carbocycles. The lowest BCUT2D eigenvalue weighted by Gasteiger charge is -2.10. The van der Waals surface area contributed by atoms with Gasteiger partial charge in [-0.3, -0.25) is 4.99 Å². The van der Waals surface area contributed by atoms with Crippen molar-refractivity contribution in [2.45, 2.75) is 6.18 Å². The summed E-state index contributed by atoms with van der Waals surface area (Å²) in [6, 6.07) is 7.90. The van der Waals surface area contributed by atoms with Crippen LogP contribution in [0.5, 0.6) is 11.5 Å². The molecule has 0 bridgehead atoms. The number of aliphatic imine (C=N–C) groups is 1. The van der Waals surface area contributed by atoms with Crippen LogP contribution in [0.15, 0.2) is 41.4 Å². The Morgan fingerprint density at radius 2 is 1.95 bits per heavy atom. The first-order valence-corrected chi connectivity index (χ1v) is 6.47. The monoisotopic (exact) mass is 329 g/mol. The number of alkyl halides is 3. The Bertz CT molecular complexity index is 714.